The Balaban J connectivity index is 3.05. The summed E-state index contributed by atoms with van der Waals surface area (Å²) >= 11 is 0. The van der Waals surface area contributed by atoms with Crippen LogP contribution in [0.25, 0.3) is 0 Å². The van der Waals surface area contributed by atoms with Crippen molar-refractivity contribution in [3.05, 3.63) is 28.1 Å². The number of nitro benzene ring substituents is 1. The molecule has 0 aliphatic rings. The van der Waals surface area contributed by atoms with Gasteiger partial charge in [0, 0.05) is 19.7 Å². The number of nitrogens with zero attached hydrogens (tertiary/aromatic N) is 2. The zero-order valence-corrected chi connectivity index (χ0v) is 11.3. The van der Waals surface area contributed by atoms with Gasteiger partial charge in [-0.25, -0.2) is 4.39 Å². The summed E-state index contributed by atoms with van der Waals surface area (Å²) in [6.45, 7) is 1.42. The highest BCUT2D eigenvalue weighted by Crippen LogP contribution is 2.33. The molecule has 0 aliphatic heterocycles. The van der Waals surface area contributed by atoms with Gasteiger partial charge in [0.15, 0.2) is 11.6 Å². The molecule has 106 valence electrons. The molecule has 6 nitrogen and oxygen atoms in total. The van der Waals surface area contributed by atoms with Gasteiger partial charge in [-0.1, -0.05) is 0 Å². The fourth-order valence-corrected chi connectivity index (χ4v) is 1.75. The zero-order chi connectivity index (χ0) is 14.4. The molecule has 0 saturated carbocycles. The predicted molar refractivity (Wildman–Crippen MR) is 71.4 cm³/mol. The van der Waals surface area contributed by atoms with Gasteiger partial charge in [-0.15, -0.1) is 0 Å². The van der Waals surface area contributed by atoms with E-state index >= 15 is 0 Å². The minimum atomic E-state index is -0.735. The van der Waals surface area contributed by atoms with Crippen LogP contribution in [0.5, 0.6) is 5.75 Å². The fourth-order valence-electron chi connectivity index (χ4n) is 1.75. The number of nitrogens with one attached hydrogen (secondary N) is 1. The molecule has 0 saturated heterocycles. The van der Waals surface area contributed by atoms with Gasteiger partial charge in [0.2, 0.25) is 0 Å². The molecule has 0 aliphatic carbocycles. The van der Waals surface area contributed by atoms with Crippen molar-refractivity contribution in [1.82, 2.24) is 5.32 Å². The maximum Gasteiger partial charge on any atom is 0.295 e. The van der Waals surface area contributed by atoms with E-state index in [1.165, 1.54) is 13.2 Å². The second kappa shape index (κ2) is 6.89. The van der Waals surface area contributed by atoms with E-state index < -0.39 is 10.7 Å². The number of ether oxygens (including phenoxy) is 1. The Kier molecular flexibility index (Phi) is 5.50. The van der Waals surface area contributed by atoms with Gasteiger partial charge in [0.1, 0.15) is 5.69 Å². The van der Waals surface area contributed by atoms with Gasteiger partial charge in [-0.3, -0.25) is 10.1 Å². The summed E-state index contributed by atoms with van der Waals surface area (Å²) in [7, 11) is 4.90. The Bertz CT molecular complexity index is 454. The average Bonchev–Trinajstić information content (AvgIpc) is 2.38. The standard InChI is InChI=1S/C12H18FN3O3/c1-14-5-4-6-15(2)10-8-12(19-3)9(13)7-11(10)16(17)18/h7-8,14H,4-6H2,1-3H3. The Labute approximate surface area is 111 Å². The van der Waals surface area contributed by atoms with E-state index in [9.17, 15) is 14.5 Å². The molecule has 0 fully saturated rings. The third-order valence-corrected chi connectivity index (χ3v) is 2.78. The lowest BCUT2D eigenvalue weighted by molar-refractivity contribution is -0.384. The Morgan fingerprint density at radius 3 is 2.74 bits per heavy atom. The Hall–Kier alpha value is -1.89. The number of nitro groups is 1. The molecule has 0 radical (unpaired) electrons. The van der Waals surface area contributed by atoms with Crippen molar-refractivity contribution in [2.24, 2.45) is 0 Å². The van der Waals surface area contributed by atoms with Gasteiger partial charge in [-0.2, -0.15) is 0 Å². The van der Waals surface area contributed by atoms with Crippen LogP contribution in [0.1, 0.15) is 6.42 Å². The maximum absolute atomic E-state index is 13.5. The van der Waals surface area contributed by atoms with E-state index in [0.29, 0.717) is 12.2 Å². The largest absolute Gasteiger partial charge is 0.494 e. The van der Waals surface area contributed by atoms with Gasteiger partial charge in [0.05, 0.1) is 18.1 Å². The first-order valence-electron chi connectivity index (χ1n) is 5.89. The third kappa shape index (κ3) is 3.78. The number of hydrogen-bond donors (Lipinski definition) is 1. The smallest absolute Gasteiger partial charge is 0.295 e. The lowest BCUT2D eigenvalue weighted by Crippen LogP contribution is -2.23. The molecule has 7 heteroatoms. The molecule has 19 heavy (non-hydrogen) atoms. The molecule has 1 rings (SSSR count). The van der Waals surface area contributed by atoms with Gasteiger partial charge in [0.25, 0.3) is 5.69 Å². The number of rotatable bonds is 7. The minimum Gasteiger partial charge on any atom is -0.494 e. The van der Waals surface area contributed by atoms with Crippen LogP contribution in [0.15, 0.2) is 12.1 Å². The van der Waals surface area contributed by atoms with Crippen LogP contribution in [0, 0.1) is 15.9 Å². The number of hydrogen-bond acceptors (Lipinski definition) is 5. The van der Waals surface area contributed by atoms with Crippen LogP contribution < -0.4 is 15.0 Å². The predicted octanol–water partition coefficient (Wildman–Crippen LogP) is 1.79. The Morgan fingerprint density at radius 1 is 1.53 bits per heavy atom. The number of halogens is 1. The first kappa shape index (κ1) is 15.2. The van der Waals surface area contributed by atoms with Gasteiger partial charge >= 0.3 is 0 Å². The van der Waals surface area contributed by atoms with E-state index in [1.807, 2.05) is 7.05 Å². The van der Waals surface area contributed by atoms with Crippen molar-refractivity contribution in [3.63, 3.8) is 0 Å². The summed E-state index contributed by atoms with van der Waals surface area (Å²) in [6.07, 6.45) is 0.823. The van der Waals surface area contributed by atoms with E-state index in [2.05, 4.69) is 5.32 Å². The Morgan fingerprint density at radius 2 is 2.21 bits per heavy atom. The number of anilines is 1. The van der Waals surface area contributed by atoms with Crippen molar-refractivity contribution >= 4 is 11.4 Å². The highest BCUT2D eigenvalue weighted by Gasteiger charge is 2.21. The van der Waals surface area contributed by atoms with Crippen molar-refractivity contribution in [3.8, 4) is 5.75 Å². The highest BCUT2D eigenvalue weighted by atomic mass is 19.1. The quantitative estimate of drug-likeness (QED) is 0.465. The zero-order valence-electron chi connectivity index (χ0n) is 11.3. The van der Waals surface area contributed by atoms with E-state index in [0.717, 1.165) is 19.0 Å². The molecular formula is C12H18FN3O3. The van der Waals surface area contributed by atoms with Gasteiger partial charge in [-0.05, 0) is 20.0 Å². The summed E-state index contributed by atoms with van der Waals surface area (Å²) in [4.78, 5) is 12.1. The highest BCUT2D eigenvalue weighted by molar-refractivity contribution is 5.65. The molecule has 1 N–H and O–H groups in total. The SMILES string of the molecule is CNCCCN(C)c1cc(OC)c(F)cc1[N+](=O)[O-]. The summed E-state index contributed by atoms with van der Waals surface area (Å²) in [6, 6.07) is 2.25. The molecule has 0 unspecified atom stereocenters. The summed E-state index contributed by atoms with van der Waals surface area (Å²) < 4.78 is 18.4. The molecule has 0 heterocycles. The molecule has 0 aromatic heterocycles. The van der Waals surface area contributed by atoms with Crippen molar-refractivity contribution < 1.29 is 14.1 Å². The van der Waals surface area contributed by atoms with Crippen LogP contribution in [0.3, 0.4) is 0 Å². The molecule has 1 aromatic rings. The summed E-state index contributed by atoms with van der Waals surface area (Å²) in [5, 5.41) is 14.0. The van der Waals surface area contributed by atoms with Crippen LogP contribution in [0.4, 0.5) is 15.8 Å². The molecule has 0 amide bonds. The lowest BCUT2D eigenvalue weighted by Gasteiger charge is -2.19. The van der Waals surface area contributed by atoms with Crippen LogP contribution in [0.2, 0.25) is 0 Å². The maximum atomic E-state index is 13.5. The second-order valence-corrected chi connectivity index (χ2v) is 4.11. The normalized spacial score (nSPS) is 10.3. The fraction of sp³-hybridized carbons (Fsp3) is 0.500. The van der Waals surface area contributed by atoms with E-state index in [-0.39, 0.29) is 11.4 Å². The first-order chi connectivity index (χ1) is 9.01. The average molecular weight is 271 g/mol. The second-order valence-electron chi connectivity index (χ2n) is 4.11. The van der Waals surface area contributed by atoms with E-state index in [4.69, 9.17) is 4.74 Å². The summed E-state index contributed by atoms with van der Waals surface area (Å²) in [5.41, 5.74) is 0.0876. The van der Waals surface area contributed by atoms with Gasteiger partial charge < -0.3 is 15.0 Å². The molecule has 1 aromatic carbocycles. The van der Waals surface area contributed by atoms with Crippen molar-refractivity contribution in [1.29, 1.82) is 0 Å². The lowest BCUT2D eigenvalue weighted by atomic mass is 10.2. The van der Waals surface area contributed by atoms with Crippen LogP contribution in [-0.2, 0) is 0 Å². The monoisotopic (exact) mass is 271 g/mol. The van der Waals surface area contributed by atoms with Crippen molar-refractivity contribution in [2.45, 2.75) is 6.42 Å². The molecule has 0 spiro atoms. The first-order valence-corrected chi connectivity index (χ1v) is 5.89. The molecule has 0 bridgehead atoms. The van der Waals surface area contributed by atoms with Crippen LogP contribution in [-0.4, -0.2) is 39.2 Å². The van der Waals surface area contributed by atoms with Crippen molar-refractivity contribution in [2.75, 3.05) is 39.2 Å². The van der Waals surface area contributed by atoms with E-state index in [1.54, 1.807) is 11.9 Å². The topological polar surface area (TPSA) is 67.6 Å². The third-order valence-electron chi connectivity index (χ3n) is 2.78. The summed E-state index contributed by atoms with van der Waals surface area (Å²) in [5.74, 6) is -0.734. The minimum absolute atomic E-state index is 0.000988. The number of methoxy groups -OCH3 is 1. The molecule has 0 atom stereocenters. The van der Waals surface area contributed by atoms with Crippen LogP contribution >= 0.6 is 0 Å². The molecular weight excluding hydrogens is 253 g/mol. The number of benzene rings is 1.